The standard InChI is InChI=1S/C32H37N7O3.C2H6/c1-6-29(40)34-24-9-7-23(8-10-24)31(41)35-25-16-21(4)15-22(17-25)18-28-36-32(42-26-11-13-38(5)14-12-26)37-30-27(20(2)3)19-33-39(28)30;1-2/h6-10,15-17,19-20,26H,1,11-14,18H2,2-5H3,(H,34,40)(H,35,41);1-2H3. The fourth-order valence-electron chi connectivity index (χ4n) is 5.08. The van der Waals surface area contributed by atoms with E-state index in [0.717, 1.165) is 54.1 Å². The van der Waals surface area contributed by atoms with Crippen LogP contribution in [0.15, 0.2) is 61.3 Å². The number of aryl methyl sites for hydroxylation is 1. The van der Waals surface area contributed by atoms with Gasteiger partial charge in [-0.3, -0.25) is 9.59 Å². The normalized spacial score (nSPS) is 13.7. The summed E-state index contributed by atoms with van der Waals surface area (Å²) in [7, 11) is 2.12. The molecule has 0 saturated carbocycles. The van der Waals surface area contributed by atoms with E-state index in [1.807, 2.05) is 39.1 Å². The first-order valence-electron chi connectivity index (χ1n) is 15.2. The topological polar surface area (TPSA) is 114 Å². The molecule has 0 aliphatic carbocycles. The molecule has 10 nitrogen and oxygen atoms in total. The Labute approximate surface area is 259 Å². The highest BCUT2D eigenvalue weighted by atomic mass is 16.5. The minimum Gasteiger partial charge on any atom is -0.460 e. The van der Waals surface area contributed by atoms with Gasteiger partial charge in [-0.05, 0) is 86.3 Å². The van der Waals surface area contributed by atoms with Gasteiger partial charge in [0.2, 0.25) is 5.91 Å². The molecule has 3 heterocycles. The number of nitrogens with zero attached hydrogens (tertiary/aromatic N) is 5. The third-order valence-corrected chi connectivity index (χ3v) is 7.36. The van der Waals surface area contributed by atoms with Gasteiger partial charge in [0.25, 0.3) is 5.91 Å². The highest BCUT2D eigenvalue weighted by molar-refractivity contribution is 6.05. The van der Waals surface area contributed by atoms with Gasteiger partial charge in [0.15, 0.2) is 5.65 Å². The van der Waals surface area contributed by atoms with Crippen molar-refractivity contribution in [2.75, 3.05) is 30.8 Å². The lowest BCUT2D eigenvalue weighted by Gasteiger charge is -2.28. The van der Waals surface area contributed by atoms with E-state index in [0.29, 0.717) is 29.4 Å². The van der Waals surface area contributed by atoms with Gasteiger partial charge in [-0.2, -0.15) is 15.1 Å². The molecule has 0 spiro atoms. The van der Waals surface area contributed by atoms with Crippen molar-refractivity contribution in [3.05, 3.63) is 89.4 Å². The monoisotopic (exact) mass is 597 g/mol. The third kappa shape index (κ3) is 8.08. The van der Waals surface area contributed by atoms with Crippen LogP contribution in [0.4, 0.5) is 11.4 Å². The maximum Gasteiger partial charge on any atom is 0.320 e. The van der Waals surface area contributed by atoms with Crippen LogP contribution in [0.25, 0.3) is 5.65 Å². The van der Waals surface area contributed by atoms with Crippen LogP contribution in [0.2, 0.25) is 0 Å². The largest absolute Gasteiger partial charge is 0.460 e. The number of hydrogen-bond acceptors (Lipinski definition) is 7. The molecule has 1 aliphatic heterocycles. The Morgan fingerprint density at radius 3 is 2.41 bits per heavy atom. The molecule has 2 aromatic carbocycles. The summed E-state index contributed by atoms with van der Waals surface area (Å²) in [6.45, 7) is 15.6. The smallest absolute Gasteiger partial charge is 0.320 e. The number of benzene rings is 2. The SMILES string of the molecule is C=CC(=O)Nc1ccc(C(=O)Nc2cc(C)cc(Cc3nc(OC4CCN(C)CC4)nc4c(C(C)C)cnn34)c2)cc1.CC. The summed E-state index contributed by atoms with van der Waals surface area (Å²) in [5.41, 5.74) is 5.51. The quantitative estimate of drug-likeness (QED) is 0.227. The van der Waals surface area contributed by atoms with E-state index in [2.05, 4.69) is 54.2 Å². The van der Waals surface area contributed by atoms with Gasteiger partial charge < -0.3 is 20.3 Å². The van der Waals surface area contributed by atoms with Crippen LogP contribution in [0.1, 0.15) is 79.3 Å². The molecule has 0 unspecified atom stereocenters. The summed E-state index contributed by atoms with van der Waals surface area (Å²) >= 11 is 0. The molecular weight excluding hydrogens is 554 g/mol. The zero-order chi connectivity index (χ0) is 31.8. The van der Waals surface area contributed by atoms with E-state index in [-0.39, 0.29) is 23.8 Å². The van der Waals surface area contributed by atoms with Crippen LogP contribution >= 0.6 is 0 Å². The average Bonchev–Trinajstić information content (AvgIpc) is 3.44. The zero-order valence-corrected chi connectivity index (χ0v) is 26.6. The minimum atomic E-state index is -0.309. The molecule has 0 atom stereocenters. The Morgan fingerprint density at radius 2 is 1.75 bits per heavy atom. The number of fused-ring (bicyclic) bond motifs is 1. The number of anilines is 2. The molecule has 10 heteroatoms. The maximum absolute atomic E-state index is 13.0. The Hall–Kier alpha value is -4.57. The molecule has 5 rings (SSSR count). The van der Waals surface area contributed by atoms with Crippen molar-refractivity contribution < 1.29 is 14.3 Å². The second-order valence-electron chi connectivity index (χ2n) is 11.1. The number of rotatable bonds is 9. The average molecular weight is 598 g/mol. The van der Waals surface area contributed by atoms with Crippen LogP contribution in [-0.4, -0.2) is 62.5 Å². The summed E-state index contributed by atoms with van der Waals surface area (Å²) in [4.78, 5) is 36.4. The predicted molar refractivity (Wildman–Crippen MR) is 175 cm³/mol. The van der Waals surface area contributed by atoms with Crippen LogP contribution < -0.4 is 15.4 Å². The van der Waals surface area contributed by atoms with Gasteiger partial charge in [-0.25, -0.2) is 4.52 Å². The second-order valence-corrected chi connectivity index (χ2v) is 11.1. The van der Waals surface area contributed by atoms with Crippen molar-refractivity contribution in [1.29, 1.82) is 0 Å². The van der Waals surface area contributed by atoms with Gasteiger partial charge in [-0.15, -0.1) is 0 Å². The van der Waals surface area contributed by atoms with E-state index in [4.69, 9.17) is 14.7 Å². The third-order valence-electron chi connectivity index (χ3n) is 7.36. The molecule has 2 amide bonds. The number of aromatic nitrogens is 4. The Morgan fingerprint density at radius 1 is 1.05 bits per heavy atom. The van der Waals surface area contributed by atoms with Gasteiger partial charge >= 0.3 is 6.01 Å². The molecule has 0 bridgehead atoms. The highest BCUT2D eigenvalue weighted by Gasteiger charge is 2.22. The zero-order valence-electron chi connectivity index (χ0n) is 26.6. The first-order chi connectivity index (χ1) is 21.2. The van der Waals surface area contributed by atoms with Crippen LogP contribution in [-0.2, 0) is 11.2 Å². The molecule has 232 valence electrons. The molecule has 2 N–H and O–H groups in total. The lowest BCUT2D eigenvalue weighted by molar-refractivity contribution is -0.111. The maximum atomic E-state index is 13.0. The van der Waals surface area contributed by atoms with Crippen molar-refractivity contribution in [3.8, 4) is 6.01 Å². The summed E-state index contributed by atoms with van der Waals surface area (Å²) in [5.74, 6) is 0.404. The van der Waals surface area contributed by atoms with E-state index in [1.54, 1.807) is 28.8 Å². The van der Waals surface area contributed by atoms with Crippen molar-refractivity contribution in [2.45, 2.75) is 65.9 Å². The number of hydrogen-bond donors (Lipinski definition) is 2. The fraction of sp³-hybridized carbons (Fsp3) is 0.382. The lowest BCUT2D eigenvalue weighted by atomic mass is 10.1. The summed E-state index contributed by atoms with van der Waals surface area (Å²) in [5, 5.41) is 10.3. The molecular formula is C34H43N7O3. The first-order valence-corrected chi connectivity index (χ1v) is 15.2. The number of nitrogens with one attached hydrogen (secondary N) is 2. The van der Waals surface area contributed by atoms with Crippen LogP contribution in [0.5, 0.6) is 6.01 Å². The summed E-state index contributed by atoms with van der Waals surface area (Å²) in [6, 6.07) is 13.0. The molecule has 0 radical (unpaired) electrons. The second kappa shape index (κ2) is 14.7. The van der Waals surface area contributed by atoms with E-state index >= 15 is 0 Å². The van der Waals surface area contributed by atoms with Crippen molar-refractivity contribution in [1.82, 2.24) is 24.5 Å². The molecule has 4 aromatic rings. The Bertz CT molecular complexity index is 1600. The summed E-state index contributed by atoms with van der Waals surface area (Å²) < 4.78 is 8.10. The number of amides is 2. The van der Waals surface area contributed by atoms with E-state index < -0.39 is 0 Å². The number of ether oxygens (including phenoxy) is 1. The highest BCUT2D eigenvalue weighted by Crippen LogP contribution is 2.25. The fourth-order valence-corrected chi connectivity index (χ4v) is 5.08. The van der Waals surface area contributed by atoms with Crippen molar-refractivity contribution >= 4 is 28.8 Å². The molecule has 2 aromatic heterocycles. The van der Waals surface area contributed by atoms with Crippen molar-refractivity contribution in [2.24, 2.45) is 0 Å². The molecule has 1 fully saturated rings. The first kappa shape index (κ1) is 32.3. The molecule has 1 saturated heterocycles. The molecule has 1 aliphatic rings. The Kier molecular flexibility index (Phi) is 10.8. The predicted octanol–water partition coefficient (Wildman–Crippen LogP) is 6.02. The number of likely N-dealkylation sites (tertiary alicyclic amines) is 1. The number of piperidine rings is 1. The van der Waals surface area contributed by atoms with Gasteiger partial charge in [-0.1, -0.05) is 40.3 Å². The number of carbonyl (C=O) groups excluding carboxylic acids is 2. The Balaban J connectivity index is 0.00000216. The van der Waals surface area contributed by atoms with Crippen LogP contribution in [0, 0.1) is 6.92 Å². The van der Waals surface area contributed by atoms with Gasteiger partial charge in [0, 0.05) is 42.0 Å². The lowest BCUT2D eigenvalue weighted by Crippen LogP contribution is -2.36. The number of carbonyl (C=O) groups is 2. The van der Waals surface area contributed by atoms with E-state index in [9.17, 15) is 9.59 Å². The van der Waals surface area contributed by atoms with Gasteiger partial charge in [0.05, 0.1) is 6.20 Å². The summed E-state index contributed by atoms with van der Waals surface area (Å²) in [6.07, 6.45) is 5.47. The van der Waals surface area contributed by atoms with Crippen molar-refractivity contribution in [3.63, 3.8) is 0 Å². The van der Waals surface area contributed by atoms with E-state index in [1.165, 1.54) is 6.08 Å². The van der Waals surface area contributed by atoms with Crippen LogP contribution in [0.3, 0.4) is 0 Å². The minimum absolute atomic E-state index is 0.0787. The van der Waals surface area contributed by atoms with Gasteiger partial charge in [0.1, 0.15) is 11.9 Å². The molecule has 44 heavy (non-hydrogen) atoms.